The number of hydrogen-bond acceptors (Lipinski definition) is 3. The summed E-state index contributed by atoms with van der Waals surface area (Å²) in [6, 6.07) is 5.21. The molecule has 0 radical (unpaired) electrons. The van der Waals surface area contributed by atoms with Gasteiger partial charge < -0.3 is 9.84 Å². The van der Waals surface area contributed by atoms with E-state index in [0.717, 1.165) is 17.5 Å². The van der Waals surface area contributed by atoms with E-state index in [1.54, 1.807) is 18.2 Å². The fourth-order valence-electron chi connectivity index (χ4n) is 1.77. The molecule has 0 bridgehead atoms. The van der Waals surface area contributed by atoms with E-state index in [1.165, 1.54) is 7.11 Å². The number of carbonyl (C=O) groups is 1. The molecule has 0 aromatic heterocycles. The zero-order valence-corrected chi connectivity index (χ0v) is 8.49. The standard InChI is InChI=1S/C12H12O3/c1-15-12(14)9-3-2-8-4-5-11(13)7-10(8)6-9/h4-7,13H,2-3H2,1H3. The van der Waals surface area contributed by atoms with Gasteiger partial charge in [-0.3, -0.25) is 0 Å². The summed E-state index contributed by atoms with van der Waals surface area (Å²) in [5.41, 5.74) is 2.72. The second-order valence-electron chi connectivity index (χ2n) is 3.54. The molecule has 0 amide bonds. The van der Waals surface area contributed by atoms with Gasteiger partial charge in [-0.1, -0.05) is 6.07 Å². The van der Waals surface area contributed by atoms with Gasteiger partial charge in [0.05, 0.1) is 7.11 Å². The first-order valence-corrected chi connectivity index (χ1v) is 4.81. The van der Waals surface area contributed by atoms with E-state index in [4.69, 9.17) is 0 Å². The van der Waals surface area contributed by atoms with E-state index in [2.05, 4.69) is 4.74 Å². The highest BCUT2D eigenvalue weighted by Gasteiger charge is 2.16. The topological polar surface area (TPSA) is 46.5 Å². The summed E-state index contributed by atoms with van der Waals surface area (Å²) in [6.07, 6.45) is 3.30. The van der Waals surface area contributed by atoms with Gasteiger partial charge in [0.15, 0.2) is 0 Å². The van der Waals surface area contributed by atoms with Crippen LogP contribution in [-0.2, 0) is 16.0 Å². The number of methoxy groups -OCH3 is 1. The van der Waals surface area contributed by atoms with Gasteiger partial charge in [0.1, 0.15) is 5.75 Å². The molecule has 0 saturated carbocycles. The van der Waals surface area contributed by atoms with E-state index in [9.17, 15) is 9.90 Å². The summed E-state index contributed by atoms with van der Waals surface area (Å²) in [5.74, 6) is -0.0693. The Morgan fingerprint density at radius 1 is 1.40 bits per heavy atom. The van der Waals surface area contributed by atoms with Crippen molar-refractivity contribution in [1.29, 1.82) is 0 Å². The van der Waals surface area contributed by atoms with Crippen molar-refractivity contribution in [2.24, 2.45) is 0 Å². The fraction of sp³-hybridized carbons (Fsp3) is 0.250. The maximum absolute atomic E-state index is 11.3. The summed E-state index contributed by atoms with van der Waals surface area (Å²) in [5, 5.41) is 9.32. The van der Waals surface area contributed by atoms with Crippen LogP contribution in [0.2, 0.25) is 0 Å². The molecule has 1 aromatic carbocycles. The minimum atomic E-state index is -0.288. The lowest BCUT2D eigenvalue weighted by atomic mass is 9.92. The first kappa shape index (κ1) is 9.77. The predicted molar refractivity (Wildman–Crippen MR) is 56.4 cm³/mol. The van der Waals surface area contributed by atoms with Crippen LogP contribution in [0.5, 0.6) is 5.75 Å². The number of ether oxygens (including phenoxy) is 1. The van der Waals surface area contributed by atoms with Crippen LogP contribution >= 0.6 is 0 Å². The average Bonchev–Trinajstić information content (AvgIpc) is 2.27. The molecule has 2 rings (SSSR count). The second-order valence-corrected chi connectivity index (χ2v) is 3.54. The fourth-order valence-corrected chi connectivity index (χ4v) is 1.77. The van der Waals surface area contributed by atoms with Crippen LogP contribution < -0.4 is 0 Å². The maximum Gasteiger partial charge on any atom is 0.333 e. The quantitative estimate of drug-likeness (QED) is 0.710. The molecule has 0 saturated heterocycles. The van der Waals surface area contributed by atoms with Crippen LogP contribution in [0, 0.1) is 0 Å². The molecule has 15 heavy (non-hydrogen) atoms. The Morgan fingerprint density at radius 2 is 2.20 bits per heavy atom. The van der Waals surface area contributed by atoms with Crippen LogP contribution in [0.1, 0.15) is 17.5 Å². The molecule has 0 heterocycles. The monoisotopic (exact) mass is 204 g/mol. The third kappa shape index (κ3) is 1.86. The van der Waals surface area contributed by atoms with Crippen LogP contribution in [0.3, 0.4) is 0 Å². The number of benzene rings is 1. The lowest BCUT2D eigenvalue weighted by Gasteiger charge is -2.14. The SMILES string of the molecule is COC(=O)C1=Cc2cc(O)ccc2CC1. The molecule has 1 aliphatic rings. The molecule has 1 aromatic rings. The Balaban J connectivity index is 2.39. The zero-order chi connectivity index (χ0) is 10.8. The number of aromatic hydroxyl groups is 1. The van der Waals surface area contributed by atoms with E-state index in [-0.39, 0.29) is 11.7 Å². The average molecular weight is 204 g/mol. The second kappa shape index (κ2) is 3.77. The van der Waals surface area contributed by atoms with Crippen LogP contribution in [-0.4, -0.2) is 18.2 Å². The number of carbonyl (C=O) groups excluding carboxylic acids is 1. The van der Waals surface area contributed by atoms with Crippen LogP contribution in [0.15, 0.2) is 23.8 Å². The summed E-state index contributed by atoms with van der Waals surface area (Å²) >= 11 is 0. The van der Waals surface area contributed by atoms with Crippen molar-refractivity contribution >= 4 is 12.0 Å². The van der Waals surface area contributed by atoms with Crippen molar-refractivity contribution in [3.05, 3.63) is 34.9 Å². The van der Waals surface area contributed by atoms with Crippen molar-refractivity contribution in [2.45, 2.75) is 12.8 Å². The number of phenols is 1. The third-order valence-corrected chi connectivity index (χ3v) is 2.57. The molecule has 0 spiro atoms. The molecule has 0 aliphatic heterocycles. The summed E-state index contributed by atoms with van der Waals surface area (Å²) in [4.78, 5) is 11.3. The van der Waals surface area contributed by atoms with E-state index in [1.807, 2.05) is 6.07 Å². The molecule has 0 atom stereocenters. The van der Waals surface area contributed by atoms with Crippen molar-refractivity contribution in [3.8, 4) is 5.75 Å². The number of hydrogen-bond donors (Lipinski definition) is 1. The minimum Gasteiger partial charge on any atom is -0.508 e. The Labute approximate surface area is 88.0 Å². The van der Waals surface area contributed by atoms with Gasteiger partial charge in [0, 0.05) is 5.57 Å². The van der Waals surface area contributed by atoms with Gasteiger partial charge in [-0.2, -0.15) is 0 Å². The molecular formula is C12H12O3. The van der Waals surface area contributed by atoms with Gasteiger partial charge in [-0.05, 0) is 42.2 Å². The molecule has 78 valence electrons. The molecule has 3 heteroatoms. The number of esters is 1. The number of rotatable bonds is 1. The zero-order valence-electron chi connectivity index (χ0n) is 8.49. The van der Waals surface area contributed by atoms with Crippen LogP contribution in [0.25, 0.3) is 6.08 Å². The first-order valence-electron chi connectivity index (χ1n) is 4.81. The molecular weight excluding hydrogens is 192 g/mol. The first-order chi connectivity index (χ1) is 7.20. The Kier molecular flexibility index (Phi) is 2.46. The highest BCUT2D eigenvalue weighted by molar-refractivity contribution is 5.94. The molecule has 1 N–H and O–H groups in total. The lowest BCUT2D eigenvalue weighted by Crippen LogP contribution is -2.09. The maximum atomic E-state index is 11.3. The largest absolute Gasteiger partial charge is 0.508 e. The van der Waals surface area contributed by atoms with Gasteiger partial charge in [0.25, 0.3) is 0 Å². The van der Waals surface area contributed by atoms with Gasteiger partial charge in [-0.25, -0.2) is 4.79 Å². The van der Waals surface area contributed by atoms with E-state index < -0.39 is 0 Å². The normalized spacial score (nSPS) is 14.1. The summed E-state index contributed by atoms with van der Waals surface area (Å²) < 4.78 is 4.67. The van der Waals surface area contributed by atoms with Crippen molar-refractivity contribution in [2.75, 3.05) is 7.11 Å². The highest BCUT2D eigenvalue weighted by atomic mass is 16.5. The Morgan fingerprint density at radius 3 is 2.93 bits per heavy atom. The third-order valence-electron chi connectivity index (χ3n) is 2.57. The predicted octanol–water partition coefficient (Wildman–Crippen LogP) is 1.89. The van der Waals surface area contributed by atoms with Crippen molar-refractivity contribution in [1.82, 2.24) is 0 Å². The Bertz CT molecular complexity index is 432. The van der Waals surface area contributed by atoms with Crippen molar-refractivity contribution < 1.29 is 14.6 Å². The number of aryl methyl sites for hydroxylation is 1. The summed E-state index contributed by atoms with van der Waals surface area (Å²) in [6.45, 7) is 0. The van der Waals surface area contributed by atoms with Crippen molar-refractivity contribution in [3.63, 3.8) is 0 Å². The smallest absolute Gasteiger partial charge is 0.333 e. The van der Waals surface area contributed by atoms with Gasteiger partial charge in [-0.15, -0.1) is 0 Å². The number of fused-ring (bicyclic) bond motifs is 1. The minimum absolute atomic E-state index is 0.219. The molecule has 3 nitrogen and oxygen atoms in total. The van der Waals surface area contributed by atoms with E-state index in [0.29, 0.717) is 12.0 Å². The van der Waals surface area contributed by atoms with Gasteiger partial charge in [0.2, 0.25) is 0 Å². The number of phenolic OH excluding ortho intramolecular Hbond substituents is 1. The molecule has 0 unspecified atom stereocenters. The lowest BCUT2D eigenvalue weighted by molar-refractivity contribution is -0.136. The summed E-state index contributed by atoms with van der Waals surface area (Å²) in [7, 11) is 1.38. The van der Waals surface area contributed by atoms with E-state index >= 15 is 0 Å². The Hall–Kier alpha value is -1.77. The highest BCUT2D eigenvalue weighted by Crippen LogP contribution is 2.27. The van der Waals surface area contributed by atoms with Gasteiger partial charge >= 0.3 is 5.97 Å². The molecule has 1 aliphatic carbocycles. The molecule has 0 fully saturated rings. The van der Waals surface area contributed by atoms with Crippen LogP contribution in [0.4, 0.5) is 0 Å².